The quantitative estimate of drug-likeness (QED) is 0.802. The summed E-state index contributed by atoms with van der Waals surface area (Å²) in [5, 5.41) is 2.85. The van der Waals surface area contributed by atoms with E-state index in [1.807, 2.05) is 23.8 Å². The lowest BCUT2D eigenvalue weighted by molar-refractivity contribution is 1.27. The van der Waals surface area contributed by atoms with E-state index in [9.17, 15) is 0 Å². The fourth-order valence-electron chi connectivity index (χ4n) is 0.989. The van der Waals surface area contributed by atoms with Gasteiger partial charge in [-0.3, -0.25) is 0 Å². The maximum absolute atomic E-state index is 5.86. The van der Waals surface area contributed by atoms with Crippen LogP contribution in [0.3, 0.4) is 0 Å². The fraction of sp³-hybridized carbons (Fsp3) is 0.125. The van der Waals surface area contributed by atoms with Crippen LogP contribution in [0.5, 0.6) is 0 Å². The van der Waals surface area contributed by atoms with Crippen molar-refractivity contribution in [3.63, 3.8) is 0 Å². The Morgan fingerprint density at radius 2 is 2.38 bits per heavy atom. The lowest BCUT2D eigenvalue weighted by Crippen LogP contribution is -1.82. The molecule has 2 aromatic rings. The Kier molecular flexibility index (Phi) is 2.57. The van der Waals surface area contributed by atoms with Gasteiger partial charge in [-0.05, 0) is 17.7 Å². The molecular formula is C8H8N2S3. The molecule has 0 spiro atoms. The van der Waals surface area contributed by atoms with Gasteiger partial charge in [0.2, 0.25) is 0 Å². The SMILES string of the molecule is CSc1nc(-c2cccs2)c(N)s1. The molecule has 0 fully saturated rings. The summed E-state index contributed by atoms with van der Waals surface area (Å²) in [6, 6.07) is 4.05. The van der Waals surface area contributed by atoms with Crippen LogP contribution in [0.1, 0.15) is 0 Å². The van der Waals surface area contributed by atoms with Crippen LogP contribution in [0.25, 0.3) is 10.6 Å². The normalized spacial score (nSPS) is 10.5. The van der Waals surface area contributed by atoms with Crippen molar-refractivity contribution in [3.8, 4) is 10.6 Å². The number of anilines is 1. The van der Waals surface area contributed by atoms with Gasteiger partial charge in [-0.2, -0.15) is 0 Å². The molecule has 0 unspecified atom stereocenters. The molecule has 0 saturated heterocycles. The molecule has 0 amide bonds. The third kappa shape index (κ3) is 1.72. The highest BCUT2D eigenvalue weighted by Gasteiger charge is 2.10. The molecule has 2 aromatic heterocycles. The van der Waals surface area contributed by atoms with Gasteiger partial charge in [0, 0.05) is 0 Å². The smallest absolute Gasteiger partial charge is 0.152 e. The molecule has 0 saturated carbocycles. The second-order valence-electron chi connectivity index (χ2n) is 2.37. The van der Waals surface area contributed by atoms with Crippen molar-refractivity contribution in [2.45, 2.75) is 4.34 Å². The van der Waals surface area contributed by atoms with E-state index in [0.29, 0.717) is 0 Å². The molecule has 0 aliphatic rings. The molecule has 2 N–H and O–H groups in total. The van der Waals surface area contributed by atoms with Crippen LogP contribution >= 0.6 is 34.4 Å². The van der Waals surface area contributed by atoms with Gasteiger partial charge in [-0.15, -0.1) is 11.3 Å². The summed E-state index contributed by atoms with van der Waals surface area (Å²) in [7, 11) is 0. The second kappa shape index (κ2) is 3.69. The Balaban J connectivity index is 2.46. The molecule has 2 nitrogen and oxygen atoms in total. The summed E-state index contributed by atoms with van der Waals surface area (Å²) >= 11 is 4.85. The number of thioether (sulfide) groups is 1. The van der Waals surface area contributed by atoms with Crippen LogP contribution in [0.2, 0.25) is 0 Å². The van der Waals surface area contributed by atoms with E-state index in [1.54, 1.807) is 34.4 Å². The third-order valence-corrected chi connectivity index (χ3v) is 4.31. The van der Waals surface area contributed by atoms with Gasteiger partial charge < -0.3 is 5.73 Å². The zero-order chi connectivity index (χ0) is 9.26. The predicted octanol–water partition coefficient (Wildman–Crippen LogP) is 3.18. The van der Waals surface area contributed by atoms with Crippen molar-refractivity contribution in [2.75, 3.05) is 12.0 Å². The summed E-state index contributed by atoms with van der Waals surface area (Å²) in [6.45, 7) is 0. The van der Waals surface area contributed by atoms with Crippen molar-refractivity contribution in [3.05, 3.63) is 17.5 Å². The van der Waals surface area contributed by atoms with E-state index >= 15 is 0 Å². The molecule has 68 valence electrons. The number of nitrogens with zero attached hydrogens (tertiary/aromatic N) is 1. The number of nitrogen functional groups attached to an aromatic ring is 1. The van der Waals surface area contributed by atoms with Gasteiger partial charge in [0.25, 0.3) is 0 Å². The minimum Gasteiger partial charge on any atom is -0.389 e. The average Bonchev–Trinajstić information content (AvgIpc) is 2.72. The van der Waals surface area contributed by atoms with Gasteiger partial charge in [0.1, 0.15) is 10.7 Å². The topological polar surface area (TPSA) is 38.9 Å². The number of hydrogen-bond donors (Lipinski definition) is 1. The largest absolute Gasteiger partial charge is 0.389 e. The Bertz CT molecular complexity index is 391. The maximum Gasteiger partial charge on any atom is 0.152 e. The molecule has 2 heterocycles. The lowest BCUT2D eigenvalue weighted by atomic mass is 10.4. The first-order valence-corrected chi connectivity index (χ1v) is 6.57. The van der Waals surface area contributed by atoms with E-state index in [2.05, 4.69) is 4.98 Å². The number of thiazole rings is 1. The van der Waals surface area contributed by atoms with Crippen LogP contribution in [0, 0.1) is 0 Å². The molecule has 0 atom stereocenters. The monoisotopic (exact) mass is 228 g/mol. The summed E-state index contributed by atoms with van der Waals surface area (Å²) < 4.78 is 1.03. The summed E-state index contributed by atoms with van der Waals surface area (Å²) in [5.41, 5.74) is 6.79. The molecule has 5 heteroatoms. The number of nitrogens with two attached hydrogens (primary N) is 1. The minimum atomic E-state index is 0.812. The van der Waals surface area contributed by atoms with Crippen LogP contribution in [0.15, 0.2) is 21.9 Å². The first-order chi connectivity index (χ1) is 6.31. The Morgan fingerprint density at radius 1 is 1.54 bits per heavy atom. The predicted molar refractivity (Wildman–Crippen MR) is 61.6 cm³/mol. The van der Waals surface area contributed by atoms with Crippen molar-refractivity contribution in [1.29, 1.82) is 0 Å². The van der Waals surface area contributed by atoms with Gasteiger partial charge in [0.05, 0.1) is 4.88 Å². The van der Waals surface area contributed by atoms with E-state index < -0.39 is 0 Å². The van der Waals surface area contributed by atoms with Crippen molar-refractivity contribution in [1.82, 2.24) is 4.98 Å². The minimum absolute atomic E-state index is 0.812. The lowest BCUT2D eigenvalue weighted by Gasteiger charge is -1.90. The maximum atomic E-state index is 5.86. The zero-order valence-electron chi connectivity index (χ0n) is 6.98. The first-order valence-electron chi connectivity index (χ1n) is 3.65. The molecule has 0 radical (unpaired) electrons. The highest BCUT2D eigenvalue weighted by molar-refractivity contribution is 8.00. The van der Waals surface area contributed by atoms with E-state index in [1.165, 1.54) is 0 Å². The second-order valence-corrected chi connectivity index (χ2v) is 5.41. The molecule has 0 aliphatic carbocycles. The summed E-state index contributed by atoms with van der Waals surface area (Å²) in [4.78, 5) is 5.58. The van der Waals surface area contributed by atoms with Crippen LogP contribution in [0.4, 0.5) is 5.00 Å². The number of rotatable bonds is 2. The van der Waals surface area contributed by atoms with Gasteiger partial charge >= 0.3 is 0 Å². The highest BCUT2D eigenvalue weighted by atomic mass is 32.2. The molecule has 0 bridgehead atoms. The summed E-state index contributed by atoms with van der Waals surface area (Å²) in [5.74, 6) is 0. The van der Waals surface area contributed by atoms with Crippen LogP contribution < -0.4 is 5.73 Å². The van der Waals surface area contributed by atoms with E-state index in [-0.39, 0.29) is 0 Å². The van der Waals surface area contributed by atoms with Crippen molar-refractivity contribution < 1.29 is 0 Å². The van der Waals surface area contributed by atoms with Crippen molar-refractivity contribution >= 4 is 39.4 Å². The van der Waals surface area contributed by atoms with Gasteiger partial charge in [0.15, 0.2) is 4.34 Å². The first kappa shape index (κ1) is 9.05. The van der Waals surface area contributed by atoms with E-state index in [4.69, 9.17) is 5.73 Å². The van der Waals surface area contributed by atoms with Gasteiger partial charge in [-0.1, -0.05) is 29.2 Å². The Morgan fingerprint density at radius 3 is 2.92 bits per heavy atom. The van der Waals surface area contributed by atoms with Gasteiger partial charge in [-0.25, -0.2) is 4.98 Å². The molecule has 0 aliphatic heterocycles. The molecule has 2 rings (SSSR count). The molecular weight excluding hydrogens is 220 g/mol. The number of hydrogen-bond acceptors (Lipinski definition) is 5. The fourth-order valence-corrected chi connectivity index (χ4v) is 3.14. The highest BCUT2D eigenvalue weighted by Crippen LogP contribution is 2.36. The summed E-state index contributed by atoms with van der Waals surface area (Å²) in [6.07, 6.45) is 2.01. The third-order valence-electron chi connectivity index (χ3n) is 1.56. The Labute approximate surface area is 88.8 Å². The zero-order valence-corrected chi connectivity index (χ0v) is 9.43. The standard InChI is InChI=1S/C8H8N2S3/c1-11-8-10-6(7(9)13-8)5-3-2-4-12-5/h2-4H,9H2,1H3. The number of aromatic nitrogens is 1. The molecule has 0 aromatic carbocycles. The van der Waals surface area contributed by atoms with Crippen molar-refractivity contribution in [2.24, 2.45) is 0 Å². The molecule has 13 heavy (non-hydrogen) atoms. The van der Waals surface area contributed by atoms with E-state index in [0.717, 1.165) is 19.9 Å². The van der Waals surface area contributed by atoms with Crippen LogP contribution in [-0.2, 0) is 0 Å². The average molecular weight is 228 g/mol. The number of thiophene rings is 1. The Hall–Kier alpha value is -0.520. The van der Waals surface area contributed by atoms with Crippen LogP contribution in [-0.4, -0.2) is 11.2 Å².